The topological polar surface area (TPSA) is 64.6 Å². The summed E-state index contributed by atoms with van der Waals surface area (Å²) in [6.45, 7) is 12.8. The van der Waals surface area contributed by atoms with Crippen molar-refractivity contribution in [2.45, 2.75) is 64.4 Å². The molecule has 0 radical (unpaired) electrons. The smallest absolute Gasteiger partial charge is 0.228 e. The van der Waals surface area contributed by atoms with Gasteiger partial charge in [-0.2, -0.15) is 0 Å². The molecule has 1 amide bonds. The van der Waals surface area contributed by atoms with Crippen LogP contribution in [0.2, 0.25) is 18.1 Å². The Kier molecular flexibility index (Phi) is 5.98. The van der Waals surface area contributed by atoms with Crippen molar-refractivity contribution < 1.29 is 18.8 Å². The van der Waals surface area contributed by atoms with Crippen LogP contribution in [0, 0.1) is 5.92 Å². The van der Waals surface area contributed by atoms with E-state index in [4.69, 9.17) is 9.16 Å². The van der Waals surface area contributed by atoms with Gasteiger partial charge in [0.15, 0.2) is 14.1 Å². The van der Waals surface area contributed by atoms with Crippen molar-refractivity contribution in [1.82, 2.24) is 5.32 Å². The van der Waals surface area contributed by atoms with E-state index in [0.29, 0.717) is 11.3 Å². The van der Waals surface area contributed by atoms with Crippen molar-refractivity contribution in [3.63, 3.8) is 0 Å². The zero-order valence-corrected chi connectivity index (χ0v) is 17.9. The Labute approximate surface area is 157 Å². The van der Waals surface area contributed by atoms with Crippen molar-refractivity contribution in [3.8, 4) is 5.75 Å². The van der Waals surface area contributed by atoms with Crippen LogP contribution in [0.1, 0.15) is 44.5 Å². The predicted octanol–water partition coefficient (Wildman–Crippen LogP) is 3.79. The lowest BCUT2D eigenvalue weighted by Gasteiger charge is -2.45. The molecule has 1 N–H and O–H groups in total. The fourth-order valence-electron chi connectivity index (χ4n) is 3.00. The van der Waals surface area contributed by atoms with Crippen molar-refractivity contribution in [3.05, 3.63) is 29.8 Å². The largest absolute Gasteiger partial charge is 0.497 e. The van der Waals surface area contributed by atoms with E-state index < -0.39 is 8.32 Å². The molecule has 0 saturated carbocycles. The van der Waals surface area contributed by atoms with Crippen molar-refractivity contribution in [1.29, 1.82) is 0 Å². The van der Waals surface area contributed by atoms with Crippen LogP contribution in [0.4, 0.5) is 0 Å². The number of Topliss-reactive ketones (excluding diaryl/α,β-unsaturated/α-hetero) is 1. The lowest BCUT2D eigenvalue weighted by atomic mass is 9.82. The molecule has 0 bridgehead atoms. The van der Waals surface area contributed by atoms with Gasteiger partial charge in [-0.1, -0.05) is 32.9 Å². The van der Waals surface area contributed by atoms with Crippen LogP contribution in [-0.2, 0) is 9.22 Å². The van der Waals surface area contributed by atoms with Gasteiger partial charge in [-0.25, -0.2) is 0 Å². The Bertz CT molecular complexity index is 681. The lowest BCUT2D eigenvalue weighted by molar-refractivity contribution is -0.139. The first kappa shape index (κ1) is 20.6. The number of carbonyl (C=O) groups is 2. The van der Waals surface area contributed by atoms with Gasteiger partial charge in [-0.05, 0) is 37.2 Å². The van der Waals surface area contributed by atoms with Crippen LogP contribution >= 0.6 is 0 Å². The summed E-state index contributed by atoms with van der Waals surface area (Å²) in [6.07, 6.45) is 0.0714. The molecule has 144 valence electrons. The summed E-state index contributed by atoms with van der Waals surface area (Å²) in [5.74, 6) is 0.344. The van der Waals surface area contributed by atoms with Gasteiger partial charge >= 0.3 is 0 Å². The number of amides is 1. The van der Waals surface area contributed by atoms with E-state index in [1.54, 1.807) is 31.4 Å². The van der Waals surface area contributed by atoms with Gasteiger partial charge in [0, 0.05) is 12.0 Å². The van der Waals surface area contributed by atoms with E-state index in [1.165, 1.54) is 0 Å². The standard InChI is InChI=1S/C20H31NO4Si/c1-13(25-26(6,7)20(2,3)4)18-16(21-19(18)23)12-17(22)14-9-8-10-15(11-14)24-5/h8-11,13,16,18H,12H2,1-7H3,(H,21,23)/t13-,16+,18+/m0/s1. The Morgan fingerprint density at radius 3 is 2.50 bits per heavy atom. The molecule has 0 spiro atoms. The van der Waals surface area contributed by atoms with E-state index in [2.05, 4.69) is 39.2 Å². The minimum absolute atomic E-state index is 0.00146. The summed E-state index contributed by atoms with van der Waals surface area (Å²) in [6, 6.07) is 6.93. The van der Waals surface area contributed by atoms with E-state index in [0.717, 1.165) is 0 Å². The fraction of sp³-hybridized carbons (Fsp3) is 0.600. The molecular formula is C20H31NO4Si. The molecule has 1 aromatic rings. The van der Waals surface area contributed by atoms with Crippen molar-refractivity contribution in [2.75, 3.05) is 7.11 Å². The number of methoxy groups -OCH3 is 1. The first-order valence-corrected chi connectivity index (χ1v) is 12.0. The molecule has 0 aromatic heterocycles. The van der Waals surface area contributed by atoms with Crippen LogP contribution < -0.4 is 10.1 Å². The minimum Gasteiger partial charge on any atom is -0.497 e. The highest BCUT2D eigenvalue weighted by atomic mass is 28.4. The van der Waals surface area contributed by atoms with Crippen molar-refractivity contribution >= 4 is 20.0 Å². The predicted molar refractivity (Wildman–Crippen MR) is 105 cm³/mol. The highest BCUT2D eigenvalue weighted by Gasteiger charge is 2.47. The van der Waals surface area contributed by atoms with Gasteiger partial charge in [-0.15, -0.1) is 0 Å². The van der Waals surface area contributed by atoms with E-state index in [9.17, 15) is 9.59 Å². The maximum Gasteiger partial charge on any atom is 0.228 e. The first-order valence-electron chi connectivity index (χ1n) is 9.11. The number of β-lactam (4-membered cyclic amide) rings is 1. The number of nitrogens with one attached hydrogen (secondary N) is 1. The minimum atomic E-state index is -1.97. The van der Waals surface area contributed by atoms with Crippen LogP contribution in [0.3, 0.4) is 0 Å². The molecule has 1 aliphatic heterocycles. The summed E-state index contributed by atoms with van der Waals surface area (Å²) in [5, 5.41) is 2.95. The molecule has 2 rings (SSSR count). The van der Waals surface area contributed by atoms with E-state index >= 15 is 0 Å². The maximum atomic E-state index is 12.6. The monoisotopic (exact) mass is 377 g/mol. The third kappa shape index (κ3) is 4.35. The molecular weight excluding hydrogens is 346 g/mol. The third-order valence-corrected chi connectivity index (χ3v) is 10.2. The number of hydrogen-bond acceptors (Lipinski definition) is 4. The first-order chi connectivity index (χ1) is 12.0. The second-order valence-corrected chi connectivity index (χ2v) is 13.3. The van der Waals surface area contributed by atoms with E-state index in [-0.39, 0.29) is 41.2 Å². The Hall–Kier alpha value is -1.66. The molecule has 26 heavy (non-hydrogen) atoms. The molecule has 1 fully saturated rings. The second-order valence-electron chi connectivity index (χ2n) is 8.58. The van der Waals surface area contributed by atoms with Gasteiger partial charge in [0.25, 0.3) is 0 Å². The lowest BCUT2D eigenvalue weighted by Crippen LogP contribution is -2.64. The zero-order chi connectivity index (χ0) is 19.7. The van der Waals surface area contributed by atoms with Gasteiger partial charge < -0.3 is 14.5 Å². The highest BCUT2D eigenvalue weighted by Crippen LogP contribution is 2.39. The summed E-state index contributed by atoms with van der Waals surface area (Å²) in [4.78, 5) is 24.7. The number of carbonyl (C=O) groups excluding carboxylic acids is 2. The number of rotatable bonds is 7. The molecule has 3 atom stereocenters. The van der Waals surface area contributed by atoms with Crippen LogP contribution in [0.5, 0.6) is 5.75 Å². The van der Waals surface area contributed by atoms with Crippen LogP contribution in [0.25, 0.3) is 0 Å². The SMILES string of the molecule is COc1cccc(C(=O)C[C@H]2NC(=O)[C@@H]2[C@H](C)O[Si](C)(C)C(C)(C)C)c1. The Morgan fingerprint density at radius 2 is 1.96 bits per heavy atom. The molecule has 0 unspecified atom stereocenters. The molecule has 1 aliphatic rings. The third-order valence-electron chi connectivity index (χ3n) is 5.65. The summed E-state index contributed by atoms with van der Waals surface area (Å²) in [5.41, 5.74) is 0.599. The average molecular weight is 378 g/mol. The normalized spacial score (nSPS) is 21.6. The average Bonchev–Trinajstić information content (AvgIpc) is 2.52. The summed E-state index contributed by atoms with van der Waals surface area (Å²) < 4.78 is 11.6. The Balaban J connectivity index is 2.04. The molecule has 1 heterocycles. The molecule has 1 saturated heterocycles. The summed E-state index contributed by atoms with van der Waals surface area (Å²) in [7, 11) is -0.395. The fourth-order valence-corrected chi connectivity index (χ4v) is 4.43. The van der Waals surface area contributed by atoms with Gasteiger partial charge in [0.2, 0.25) is 5.91 Å². The zero-order valence-electron chi connectivity index (χ0n) is 16.9. The molecule has 1 aromatic carbocycles. The highest BCUT2D eigenvalue weighted by molar-refractivity contribution is 6.74. The van der Waals surface area contributed by atoms with Gasteiger partial charge in [-0.3, -0.25) is 9.59 Å². The molecule has 0 aliphatic carbocycles. The van der Waals surface area contributed by atoms with Crippen LogP contribution in [0.15, 0.2) is 24.3 Å². The molecule has 5 nitrogen and oxygen atoms in total. The van der Waals surface area contributed by atoms with Crippen LogP contribution in [-0.4, -0.2) is 39.3 Å². The van der Waals surface area contributed by atoms with Crippen molar-refractivity contribution in [2.24, 2.45) is 5.92 Å². The van der Waals surface area contributed by atoms with Gasteiger partial charge in [0.1, 0.15) is 5.75 Å². The number of hydrogen-bond donors (Lipinski definition) is 1. The quantitative estimate of drug-likeness (QED) is 0.446. The Morgan fingerprint density at radius 1 is 1.31 bits per heavy atom. The second kappa shape index (κ2) is 7.52. The maximum absolute atomic E-state index is 12.6. The number of ether oxygens (including phenoxy) is 1. The number of ketones is 1. The van der Waals surface area contributed by atoms with E-state index in [1.807, 2.05) is 6.92 Å². The van der Waals surface area contributed by atoms with Gasteiger partial charge in [0.05, 0.1) is 25.2 Å². The number of benzene rings is 1. The molecule has 6 heteroatoms. The summed E-state index contributed by atoms with van der Waals surface area (Å²) >= 11 is 0.